The molecule has 1 heterocycles. The summed E-state index contributed by atoms with van der Waals surface area (Å²) in [5.41, 5.74) is 3.19. The minimum Gasteiger partial charge on any atom is -0.318 e. The first-order valence-corrected chi connectivity index (χ1v) is 7.35. The van der Waals surface area contributed by atoms with Gasteiger partial charge >= 0.3 is 0 Å². The molecular weight excluding hydrogens is 220 g/mol. The molecule has 0 amide bonds. The molecule has 2 nitrogen and oxygen atoms in total. The Bertz CT molecular complexity index is 398. The summed E-state index contributed by atoms with van der Waals surface area (Å²) >= 11 is 0. The first-order chi connectivity index (χ1) is 8.88. The topological polar surface area (TPSA) is 15.3 Å². The van der Waals surface area contributed by atoms with E-state index in [1.807, 2.05) is 0 Å². The first kappa shape index (κ1) is 12.2. The van der Waals surface area contributed by atoms with Gasteiger partial charge in [-0.3, -0.25) is 4.90 Å². The van der Waals surface area contributed by atoms with Crippen LogP contribution in [0.25, 0.3) is 0 Å². The van der Waals surface area contributed by atoms with Crippen LogP contribution < -0.4 is 5.32 Å². The predicted octanol–water partition coefficient (Wildman–Crippen LogP) is 2.75. The Morgan fingerprint density at radius 3 is 2.83 bits per heavy atom. The highest BCUT2D eigenvalue weighted by Crippen LogP contribution is 2.42. The molecular formula is C16H24N2. The fraction of sp³-hybridized carbons (Fsp3) is 0.625. The summed E-state index contributed by atoms with van der Waals surface area (Å²) in [6.07, 6.45) is 5.51. The molecule has 0 aromatic heterocycles. The van der Waals surface area contributed by atoms with E-state index >= 15 is 0 Å². The Kier molecular flexibility index (Phi) is 3.67. The number of nitrogens with zero attached hydrogens (tertiary/aromatic N) is 1. The summed E-state index contributed by atoms with van der Waals surface area (Å²) in [7, 11) is 2.06. The van der Waals surface area contributed by atoms with Crippen molar-refractivity contribution >= 4 is 0 Å². The van der Waals surface area contributed by atoms with Crippen LogP contribution in [0.3, 0.4) is 0 Å². The number of rotatable bonds is 5. The second-order valence-corrected chi connectivity index (χ2v) is 5.80. The van der Waals surface area contributed by atoms with Crippen molar-refractivity contribution in [2.24, 2.45) is 0 Å². The second kappa shape index (κ2) is 5.41. The molecule has 1 aromatic rings. The smallest absolute Gasteiger partial charge is 0.0240 e. The van der Waals surface area contributed by atoms with Crippen LogP contribution in [-0.4, -0.2) is 31.1 Å². The van der Waals surface area contributed by atoms with Gasteiger partial charge in [-0.2, -0.15) is 0 Å². The van der Waals surface area contributed by atoms with Crippen molar-refractivity contribution in [2.75, 3.05) is 20.1 Å². The lowest BCUT2D eigenvalue weighted by molar-refractivity contribution is 0.241. The maximum Gasteiger partial charge on any atom is 0.0240 e. The van der Waals surface area contributed by atoms with E-state index in [0.717, 1.165) is 25.0 Å². The number of hydrogen-bond acceptors (Lipinski definition) is 2. The van der Waals surface area contributed by atoms with Crippen molar-refractivity contribution in [2.45, 2.75) is 44.2 Å². The molecule has 2 heteroatoms. The van der Waals surface area contributed by atoms with Gasteiger partial charge in [-0.1, -0.05) is 24.3 Å². The summed E-state index contributed by atoms with van der Waals surface area (Å²) < 4.78 is 0. The minimum absolute atomic E-state index is 0.738. The molecule has 2 fully saturated rings. The highest BCUT2D eigenvalue weighted by atomic mass is 15.2. The van der Waals surface area contributed by atoms with E-state index in [-0.39, 0.29) is 0 Å². The average Bonchev–Trinajstić information content (AvgIpc) is 3.14. The van der Waals surface area contributed by atoms with E-state index in [1.54, 1.807) is 11.1 Å². The van der Waals surface area contributed by atoms with Crippen LogP contribution >= 0.6 is 0 Å². The van der Waals surface area contributed by atoms with Gasteiger partial charge in [0.2, 0.25) is 0 Å². The van der Waals surface area contributed by atoms with E-state index in [9.17, 15) is 0 Å². The highest BCUT2D eigenvalue weighted by Gasteiger charge is 2.28. The Labute approximate surface area is 110 Å². The summed E-state index contributed by atoms with van der Waals surface area (Å²) in [4.78, 5) is 2.66. The Morgan fingerprint density at radius 2 is 2.06 bits per heavy atom. The zero-order valence-electron chi connectivity index (χ0n) is 11.4. The summed E-state index contributed by atoms with van der Waals surface area (Å²) in [5.74, 6) is 0.867. The van der Waals surface area contributed by atoms with Gasteiger partial charge in [0.05, 0.1) is 0 Å². The molecule has 1 unspecified atom stereocenters. The van der Waals surface area contributed by atoms with Crippen molar-refractivity contribution in [1.29, 1.82) is 0 Å². The van der Waals surface area contributed by atoms with Crippen molar-refractivity contribution in [3.63, 3.8) is 0 Å². The van der Waals surface area contributed by atoms with Gasteiger partial charge in [0.1, 0.15) is 0 Å². The molecule has 1 aromatic carbocycles. The molecule has 3 rings (SSSR count). The maximum atomic E-state index is 3.33. The van der Waals surface area contributed by atoms with Crippen LogP contribution in [0.15, 0.2) is 24.3 Å². The van der Waals surface area contributed by atoms with E-state index in [1.165, 1.54) is 32.2 Å². The lowest BCUT2D eigenvalue weighted by Gasteiger charge is -2.25. The van der Waals surface area contributed by atoms with Crippen LogP contribution in [0.4, 0.5) is 0 Å². The third kappa shape index (κ3) is 2.60. The molecule has 1 atom stereocenters. The molecule has 0 bridgehead atoms. The van der Waals surface area contributed by atoms with Gasteiger partial charge in [-0.15, -0.1) is 0 Å². The molecule has 1 saturated heterocycles. The summed E-state index contributed by atoms with van der Waals surface area (Å²) in [6, 6.07) is 9.82. The van der Waals surface area contributed by atoms with E-state index in [0.29, 0.717) is 0 Å². The summed E-state index contributed by atoms with van der Waals surface area (Å²) in [6.45, 7) is 3.55. The normalized spacial score (nSPS) is 24.6. The number of benzene rings is 1. The Hall–Kier alpha value is -0.860. The molecule has 2 aliphatic rings. The van der Waals surface area contributed by atoms with Crippen molar-refractivity contribution in [3.8, 4) is 0 Å². The third-order valence-electron chi connectivity index (χ3n) is 4.38. The van der Waals surface area contributed by atoms with Gasteiger partial charge in [-0.25, -0.2) is 0 Å². The number of likely N-dealkylation sites (N-methyl/N-ethyl adjacent to an activating group) is 1. The lowest BCUT2D eigenvalue weighted by atomic mass is 10.0. The van der Waals surface area contributed by atoms with Crippen LogP contribution in [0.1, 0.15) is 42.7 Å². The van der Waals surface area contributed by atoms with Crippen LogP contribution in [0.5, 0.6) is 0 Å². The van der Waals surface area contributed by atoms with Gasteiger partial charge < -0.3 is 5.32 Å². The molecule has 1 aliphatic carbocycles. The Balaban J connectivity index is 1.71. The van der Waals surface area contributed by atoms with Gasteiger partial charge in [0.15, 0.2) is 0 Å². The standard InChI is InChI=1S/C16H24N2/c1-17-11-15-6-4-10-18(15)12-14-5-2-3-7-16(14)13-8-9-13/h2-3,5,7,13,15,17H,4,6,8-12H2,1H3. The third-order valence-corrected chi connectivity index (χ3v) is 4.38. The fourth-order valence-corrected chi connectivity index (χ4v) is 3.26. The lowest BCUT2D eigenvalue weighted by Crippen LogP contribution is -2.36. The van der Waals surface area contributed by atoms with Gasteiger partial charge in [0, 0.05) is 19.1 Å². The van der Waals surface area contributed by atoms with Crippen LogP contribution in [0.2, 0.25) is 0 Å². The fourth-order valence-electron chi connectivity index (χ4n) is 3.26. The highest BCUT2D eigenvalue weighted by molar-refractivity contribution is 5.33. The van der Waals surface area contributed by atoms with Crippen LogP contribution in [0, 0.1) is 0 Å². The maximum absolute atomic E-state index is 3.33. The first-order valence-electron chi connectivity index (χ1n) is 7.35. The van der Waals surface area contributed by atoms with Crippen molar-refractivity contribution in [3.05, 3.63) is 35.4 Å². The molecule has 98 valence electrons. The number of hydrogen-bond donors (Lipinski definition) is 1. The minimum atomic E-state index is 0.738. The van der Waals surface area contributed by atoms with Crippen LogP contribution in [-0.2, 0) is 6.54 Å². The summed E-state index contributed by atoms with van der Waals surface area (Å²) in [5, 5.41) is 3.33. The van der Waals surface area contributed by atoms with Gasteiger partial charge in [-0.05, 0) is 56.3 Å². The van der Waals surface area contributed by atoms with Crippen molar-refractivity contribution < 1.29 is 0 Å². The molecule has 1 aliphatic heterocycles. The molecule has 18 heavy (non-hydrogen) atoms. The average molecular weight is 244 g/mol. The molecule has 1 N–H and O–H groups in total. The number of likely N-dealkylation sites (tertiary alicyclic amines) is 1. The second-order valence-electron chi connectivity index (χ2n) is 5.80. The quantitative estimate of drug-likeness (QED) is 0.857. The van der Waals surface area contributed by atoms with E-state index in [2.05, 4.69) is 41.5 Å². The largest absolute Gasteiger partial charge is 0.318 e. The van der Waals surface area contributed by atoms with Crippen molar-refractivity contribution in [1.82, 2.24) is 10.2 Å². The Morgan fingerprint density at radius 1 is 1.22 bits per heavy atom. The monoisotopic (exact) mass is 244 g/mol. The predicted molar refractivity (Wildman–Crippen MR) is 75.8 cm³/mol. The zero-order chi connectivity index (χ0) is 12.4. The van der Waals surface area contributed by atoms with Gasteiger partial charge in [0.25, 0.3) is 0 Å². The SMILES string of the molecule is CNCC1CCCN1Cc1ccccc1C1CC1. The van der Waals surface area contributed by atoms with E-state index in [4.69, 9.17) is 0 Å². The van der Waals surface area contributed by atoms with E-state index < -0.39 is 0 Å². The number of nitrogens with one attached hydrogen (secondary N) is 1. The zero-order valence-corrected chi connectivity index (χ0v) is 11.4. The molecule has 1 saturated carbocycles. The molecule has 0 radical (unpaired) electrons. The molecule has 0 spiro atoms.